The zero-order valence-corrected chi connectivity index (χ0v) is 13.0. The molecule has 0 heterocycles. The van der Waals surface area contributed by atoms with Crippen LogP contribution in [-0.2, 0) is 0 Å². The normalized spacial score (nSPS) is 11.9. The van der Waals surface area contributed by atoms with E-state index in [1.54, 1.807) is 36.2 Å². The van der Waals surface area contributed by atoms with Gasteiger partial charge >= 0.3 is 0 Å². The lowest BCUT2D eigenvalue weighted by Gasteiger charge is -2.26. The molecule has 3 nitrogen and oxygen atoms in total. The number of phenols is 1. The van der Waals surface area contributed by atoms with Crippen molar-refractivity contribution >= 4 is 21.8 Å². The van der Waals surface area contributed by atoms with Gasteiger partial charge in [0.15, 0.2) is 0 Å². The van der Waals surface area contributed by atoms with Crippen LogP contribution in [0.5, 0.6) is 5.75 Å². The van der Waals surface area contributed by atoms with E-state index in [4.69, 9.17) is 0 Å². The predicted molar refractivity (Wildman–Crippen MR) is 82.8 cm³/mol. The minimum Gasteiger partial charge on any atom is -0.508 e. The number of phenolic OH excluding ortho intramolecular Hbond substituents is 1. The monoisotopic (exact) mass is 333 g/mol. The third kappa shape index (κ3) is 3.02. The minimum absolute atomic E-state index is 0.0757. The van der Waals surface area contributed by atoms with Gasteiger partial charge in [-0.05, 0) is 37.3 Å². The summed E-state index contributed by atoms with van der Waals surface area (Å²) in [5.74, 6) is 0.128. The van der Waals surface area contributed by atoms with Gasteiger partial charge < -0.3 is 10.0 Å². The van der Waals surface area contributed by atoms with Crippen LogP contribution in [0.15, 0.2) is 53.0 Å². The van der Waals surface area contributed by atoms with Crippen LogP contribution in [0, 0.1) is 0 Å². The van der Waals surface area contributed by atoms with E-state index in [1.165, 1.54) is 0 Å². The fraction of sp³-hybridized carbons (Fsp3) is 0.188. The molecule has 0 fully saturated rings. The number of aromatic hydroxyl groups is 1. The quantitative estimate of drug-likeness (QED) is 0.922. The molecule has 1 atom stereocenters. The standard InChI is InChI=1S/C16H16BrNO2/c1-11(14-5-3-4-6-15(14)19)18(2)16(20)12-7-9-13(17)10-8-12/h3-11,19H,1-2H3. The lowest BCUT2D eigenvalue weighted by Crippen LogP contribution is -2.29. The predicted octanol–water partition coefficient (Wildman–Crippen LogP) is 3.99. The Morgan fingerprint density at radius 1 is 1.15 bits per heavy atom. The Morgan fingerprint density at radius 2 is 1.75 bits per heavy atom. The van der Waals surface area contributed by atoms with E-state index in [0.717, 1.165) is 10.0 Å². The summed E-state index contributed by atoms with van der Waals surface area (Å²) in [6.07, 6.45) is 0. The largest absolute Gasteiger partial charge is 0.508 e. The molecular formula is C16H16BrNO2. The van der Waals surface area contributed by atoms with Gasteiger partial charge in [0.05, 0.1) is 6.04 Å². The molecule has 1 amide bonds. The Labute approximate surface area is 127 Å². The van der Waals surface area contributed by atoms with Crippen molar-refractivity contribution in [3.05, 3.63) is 64.1 Å². The number of hydrogen-bond acceptors (Lipinski definition) is 2. The summed E-state index contributed by atoms with van der Waals surface area (Å²) < 4.78 is 0.936. The summed E-state index contributed by atoms with van der Waals surface area (Å²) in [5, 5.41) is 9.87. The van der Waals surface area contributed by atoms with Crippen LogP contribution in [0.25, 0.3) is 0 Å². The molecule has 0 saturated heterocycles. The average Bonchev–Trinajstić information content (AvgIpc) is 2.46. The van der Waals surface area contributed by atoms with Crippen LogP contribution in [0.3, 0.4) is 0 Å². The van der Waals surface area contributed by atoms with Gasteiger partial charge in [0.2, 0.25) is 0 Å². The lowest BCUT2D eigenvalue weighted by atomic mass is 10.1. The molecule has 20 heavy (non-hydrogen) atoms. The van der Waals surface area contributed by atoms with E-state index in [0.29, 0.717) is 5.56 Å². The molecule has 0 aliphatic rings. The van der Waals surface area contributed by atoms with E-state index in [1.807, 2.05) is 31.2 Å². The molecular weight excluding hydrogens is 318 g/mol. The molecule has 1 unspecified atom stereocenters. The molecule has 1 N–H and O–H groups in total. The lowest BCUT2D eigenvalue weighted by molar-refractivity contribution is 0.0741. The Hall–Kier alpha value is -1.81. The molecule has 0 aliphatic heterocycles. The van der Waals surface area contributed by atoms with Gasteiger partial charge in [-0.2, -0.15) is 0 Å². The molecule has 2 aromatic carbocycles. The highest BCUT2D eigenvalue weighted by Crippen LogP contribution is 2.28. The second-order valence-corrected chi connectivity index (χ2v) is 5.57. The number of carbonyl (C=O) groups is 1. The van der Waals surface area contributed by atoms with Gasteiger partial charge in [-0.3, -0.25) is 4.79 Å². The van der Waals surface area contributed by atoms with Crippen LogP contribution in [0.1, 0.15) is 28.9 Å². The maximum atomic E-state index is 12.4. The first kappa shape index (κ1) is 14.6. The summed E-state index contributed by atoms with van der Waals surface area (Å²) in [6, 6.07) is 14.1. The van der Waals surface area contributed by atoms with Crippen LogP contribution in [0.2, 0.25) is 0 Å². The van der Waals surface area contributed by atoms with Gasteiger partial charge in [-0.15, -0.1) is 0 Å². The van der Waals surface area contributed by atoms with Gasteiger partial charge in [0.25, 0.3) is 5.91 Å². The minimum atomic E-state index is -0.202. The van der Waals surface area contributed by atoms with Crippen molar-refractivity contribution in [2.24, 2.45) is 0 Å². The van der Waals surface area contributed by atoms with Gasteiger partial charge in [-0.25, -0.2) is 0 Å². The number of halogens is 1. The van der Waals surface area contributed by atoms with Crippen molar-refractivity contribution in [1.29, 1.82) is 0 Å². The number of hydrogen-bond donors (Lipinski definition) is 1. The van der Waals surface area contributed by atoms with E-state index in [-0.39, 0.29) is 17.7 Å². The van der Waals surface area contributed by atoms with Gasteiger partial charge in [-0.1, -0.05) is 34.1 Å². The maximum absolute atomic E-state index is 12.4. The number of para-hydroxylation sites is 1. The van der Waals surface area contributed by atoms with Crippen LogP contribution in [-0.4, -0.2) is 23.0 Å². The van der Waals surface area contributed by atoms with Crippen LogP contribution >= 0.6 is 15.9 Å². The highest BCUT2D eigenvalue weighted by molar-refractivity contribution is 9.10. The molecule has 4 heteroatoms. The first-order valence-corrected chi connectivity index (χ1v) is 7.10. The van der Waals surface area contributed by atoms with Crippen LogP contribution < -0.4 is 0 Å². The van der Waals surface area contributed by atoms with Crippen molar-refractivity contribution in [2.45, 2.75) is 13.0 Å². The van der Waals surface area contributed by atoms with E-state index in [2.05, 4.69) is 15.9 Å². The summed E-state index contributed by atoms with van der Waals surface area (Å²) in [7, 11) is 1.74. The zero-order chi connectivity index (χ0) is 14.7. The number of benzene rings is 2. The average molecular weight is 334 g/mol. The Morgan fingerprint density at radius 3 is 2.35 bits per heavy atom. The number of amides is 1. The molecule has 2 rings (SSSR count). The third-order valence-electron chi connectivity index (χ3n) is 3.38. The number of rotatable bonds is 3. The Kier molecular flexibility index (Phi) is 4.45. The summed E-state index contributed by atoms with van der Waals surface area (Å²) in [5.41, 5.74) is 1.36. The highest BCUT2D eigenvalue weighted by atomic mass is 79.9. The maximum Gasteiger partial charge on any atom is 0.254 e. The highest BCUT2D eigenvalue weighted by Gasteiger charge is 2.20. The van der Waals surface area contributed by atoms with Crippen molar-refractivity contribution in [3.8, 4) is 5.75 Å². The second kappa shape index (κ2) is 6.09. The van der Waals surface area contributed by atoms with E-state index >= 15 is 0 Å². The third-order valence-corrected chi connectivity index (χ3v) is 3.91. The number of nitrogens with zero attached hydrogens (tertiary/aromatic N) is 1. The van der Waals surface area contributed by atoms with Crippen molar-refractivity contribution in [2.75, 3.05) is 7.05 Å². The van der Waals surface area contributed by atoms with Crippen LogP contribution in [0.4, 0.5) is 0 Å². The van der Waals surface area contributed by atoms with E-state index in [9.17, 15) is 9.90 Å². The molecule has 0 radical (unpaired) electrons. The fourth-order valence-electron chi connectivity index (χ4n) is 2.02. The van der Waals surface area contributed by atoms with Gasteiger partial charge in [0.1, 0.15) is 5.75 Å². The topological polar surface area (TPSA) is 40.5 Å². The number of carbonyl (C=O) groups excluding carboxylic acids is 1. The first-order valence-electron chi connectivity index (χ1n) is 6.31. The molecule has 2 aromatic rings. The molecule has 0 saturated carbocycles. The van der Waals surface area contributed by atoms with Crippen molar-refractivity contribution in [3.63, 3.8) is 0 Å². The van der Waals surface area contributed by atoms with Crippen molar-refractivity contribution in [1.82, 2.24) is 4.90 Å². The Bertz CT molecular complexity index is 610. The van der Waals surface area contributed by atoms with E-state index < -0.39 is 0 Å². The molecule has 0 aromatic heterocycles. The smallest absolute Gasteiger partial charge is 0.254 e. The SMILES string of the molecule is CC(c1ccccc1O)N(C)C(=O)c1ccc(Br)cc1. The summed E-state index contributed by atoms with van der Waals surface area (Å²) in [6.45, 7) is 1.89. The fourth-order valence-corrected chi connectivity index (χ4v) is 2.29. The second-order valence-electron chi connectivity index (χ2n) is 4.66. The molecule has 0 bridgehead atoms. The summed E-state index contributed by atoms with van der Waals surface area (Å²) >= 11 is 3.35. The molecule has 0 aliphatic carbocycles. The first-order chi connectivity index (χ1) is 9.50. The zero-order valence-electron chi connectivity index (χ0n) is 11.4. The van der Waals surface area contributed by atoms with Gasteiger partial charge in [0, 0.05) is 22.6 Å². The molecule has 0 spiro atoms. The van der Waals surface area contributed by atoms with Crippen molar-refractivity contribution < 1.29 is 9.90 Å². The molecule has 104 valence electrons. The summed E-state index contributed by atoms with van der Waals surface area (Å²) in [4.78, 5) is 14.0. The Balaban J connectivity index is 2.22.